The maximum atomic E-state index is 11.0. The molecule has 0 aromatic heterocycles. The molecule has 0 aliphatic heterocycles. The number of likely N-dealkylation sites (N-methyl/N-ethyl adjacent to an activating group) is 1. The molecule has 4 heteroatoms. The minimum Gasteiger partial charge on any atom is -0.395 e. The summed E-state index contributed by atoms with van der Waals surface area (Å²) in [5.41, 5.74) is 0. The summed E-state index contributed by atoms with van der Waals surface area (Å²) in [5.74, 6) is 0.00422. The Hall–Kier alpha value is -0.610. The highest BCUT2D eigenvalue weighted by Crippen LogP contribution is 1.93. The standard InChI is InChI=1S/C9H20N2O2/c1-3-4-5-11(6-7-12)8-9(13)10-2/h12H,3-8H2,1-2H3,(H,10,13). The lowest BCUT2D eigenvalue weighted by molar-refractivity contribution is -0.121. The summed E-state index contributed by atoms with van der Waals surface area (Å²) in [4.78, 5) is 13.0. The number of amides is 1. The van der Waals surface area contributed by atoms with Crippen LogP contribution in [0, 0.1) is 0 Å². The topological polar surface area (TPSA) is 52.6 Å². The molecule has 4 nitrogen and oxygen atoms in total. The number of carbonyl (C=O) groups is 1. The molecule has 2 N–H and O–H groups in total. The number of rotatable bonds is 7. The van der Waals surface area contributed by atoms with Gasteiger partial charge in [0, 0.05) is 13.6 Å². The van der Waals surface area contributed by atoms with Crippen molar-refractivity contribution in [2.45, 2.75) is 19.8 Å². The predicted molar refractivity (Wildman–Crippen MR) is 52.5 cm³/mol. The Morgan fingerprint density at radius 3 is 2.62 bits per heavy atom. The number of unbranched alkanes of at least 4 members (excludes halogenated alkanes) is 1. The van der Waals surface area contributed by atoms with E-state index in [0.29, 0.717) is 13.1 Å². The summed E-state index contributed by atoms with van der Waals surface area (Å²) in [6, 6.07) is 0. The van der Waals surface area contributed by atoms with Crippen LogP contribution < -0.4 is 5.32 Å². The average molecular weight is 188 g/mol. The summed E-state index contributed by atoms with van der Waals surface area (Å²) in [6.45, 7) is 4.06. The third-order valence-corrected chi connectivity index (χ3v) is 1.89. The highest BCUT2D eigenvalue weighted by Gasteiger charge is 2.07. The molecule has 1 amide bonds. The Morgan fingerprint density at radius 2 is 2.15 bits per heavy atom. The number of hydrogen-bond acceptors (Lipinski definition) is 3. The Morgan fingerprint density at radius 1 is 1.46 bits per heavy atom. The van der Waals surface area contributed by atoms with Gasteiger partial charge in [-0.05, 0) is 13.0 Å². The Labute approximate surface area is 79.9 Å². The summed E-state index contributed by atoms with van der Waals surface area (Å²) in [5, 5.41) is 11.3. The molecular weight excluding hydrogens is 168 g/mol. The van der Waals surface area contributed by atoms with Crippen LogP contribution in [0.15, 0.2) is 0 Å². The quantitative estimate of drug-likeness (QED) is 0.583. The van der Waals surface area contributed by atoms with Crippen molar-refractivity contribution in [1.29, 1.82) is 0 Å². The second kappa shape index (κ2) is 8.01. The smallest absolute Gasteiger partial charge is 0.233 e. The molecule has 13 heavy (non-hydrogen) atoms. The molecule has 0 aliphatic rings. The van der Waals surface area contributed by atoms with Crippen LogP contribution in [-0.2, 0) is 4.79 Å². The molecule has 0 fully saturated rings. The van der Waals surface area contributed by atoms with Gasteiger partial charge in [-0.2, -0.15) is 0 Å². The van der Waals surface area contributed by atoms with E-state index in [0.717, 1.165) is 19.4 Å². The van der Waals surface area contributed by atoms with Crippen LogP contribution in [0.3, 0.4) is 0 Å². The monoisotopic (exact) mass is 188 g/mol. The van der Waals surface area contributed by atoms with E-state index >= 15 is 0 Å². The van der Waals surface area contributed by atoms with E-state index in [9.17, 15) is 4.79 Å². The summed E-state index contributed by atoms with van der Waals surface area (Å²) in [7, 11) is 1.62. The first-order chi connectivity index (χ1) is 6.24. The van der Waals surface area contributed by atoms with Gasteiger partial charge in [0.25, 0.3) is 0 Å². The lowest BCUT2D eigenvalue weighted by Gasteiger charge is -2.19. The van der Waals surface area contributed by atoms with Gasteiger partial charge in [-0.15, -0.1) is 0 Å². The third-order valence-electron chi connectivity index (χ3n) is 1.89. The first kappa shape index (κ1) is 12.4. The zero-order valence-corrected chi connectivity index (χ0v) is 8.55. The molecule has 78 valence electrons. The van der Waals surface area contributed by atoms with Gasteiger partial charge < -0.3 is 10.4 Å². The van der Waals surface area contributed by atoms with Gasteiger partial charge in [0.15, 0.2) is 0 Å². The molecule has 0 aliphatic carbocycles. The van der Waals surface area contributed by atoms with E-state index in [1.165, 1.54) is 0 Å². The maximum Gasteiger partial charge on any atom is 0.233 e. The highest BCUT2D eigenvalue weighted by molar-refractivity contribution is 5.77. The second-order valence-electron chi connectivity index (χ2n) is 3.03. The highest BCUT2D eigenvalue weighted by atomic mass is 16.3. The summed E-state index contributed by atoms with van der Waals surface area (Å²) in [6.07, 6.45) is 2.17. The number of nitrogens with zero attached hydrogens (tertiary/aromatic N) is 1. The summed E-state index contributed by atoms with van der Waals surface area (Å²) >= 11 is 0. The Kier molecular flexibility index (Phi) is 7.63. The van der Waals surface area contributed by atoms with E-state index in [-0.39, 0.29) is 12.5 Å². The lowest BCUT2D eigenvalue weighted by atomic mass is 10.3. The average Bonchev–Trinajstić information content (AvgIpc) is 2.14. The van der Waals surface area contributed by atoms with Crippen LogP contribution in [0.1, 0.15) is 19.8 Å². The fourth-order valence-electron chi connectivity index (χ4n) is 1.08. The minimum atomic E-state index is 0.00422. The Bertz CT molecular complexity index is 140. The number of aliphatic hydroxyl groups is 1. The Balaban J connectivity index is 3.71. The van der Waals surface area contributed by atoms with E-state index in [1.807, 2.05) is 4.90 Å². The number of carbonyl (C=O) groups excluding carboxylic acids is 1. The van der Waals surface area contributed by atoms with Crippen LogP contribution in [0.2, 0.25) is 0 Å². The van der Waals surface area contributed by atoms with E-state index in [2.05, 4.69) is 12.2 Å². The van der Waals surface area contributed by atoms with Crippen molar-refractivity contribution >= 4 is 5.91 Å². The van der Waals surface area contributed by atoms with Gasteiger partial charge in [-0.1, -0.05) is 13.3 Å². The SMILES string of the molecule is CCCCN(CCO)CC(=O)NC. The van der Waals surface area contributed by atoms with Crippen LogP contribution in [-0.4, -0.2) is 49.2 Å². The number of nitrogens with one attached hydrogen (secondary N) is 1. The fraction of sp³-hybridized carbons (Fsp3) is 0.889. The molecule has 0 aromatic carbocycles. The molecule has 0 heterocycles. The van der Waals surface area contributed by atoms with Gasteiger partial charge in [0.1, 0.15) is 0 Å². The van der Waals surface area contributed by atoms with Crippen molar-refractivity contribution in [3.8, 4) is 0 Å². The van der Waals surface area contributed by atoms with Gasteiger partial charge in [-0.3, -0.25) is 9.69 Å². The molecule has 0 atom stereocenters. The van der Waals surface area contributed by atoms with Gasteiger partial charge in [0.05, 0.1) is 13.2 Å². The van der Waals surface area contributed by atoms with E-state index < -0.39 is 0 Å². The molecule has 0 saturated carbocycles. The van der Waals surface area contributed by atoms with Gasteiger partial charge in [-0.25, -0.2) is 0 Å². The van der Waals surface area contributed by atoms with Crippen molar-refractivity contribution in [3.05, 3.63) is 0 Å². The van der Waals surface area contributed by atoms with Crippen LogP contribution in [0.25, 0.3) is 0 Å². The normalized spacial score (nSPS) is 10.5. The van der Waals surface area contributed by atoms with E-state index in [4.69, 9.17) is 5.11 Å². The van der Waals surface area contributed by atoms with Gasteiger partial charge in [0.2, 0.25) is 5.91 Å². The van der Waals surface area contributed by atoms with Crippen molar-refractivity contribution in [3.63, 3.8) is 0 Å². The lowest BCUT2D eigenvalue weighted by Crippen LogP contribution is -2.37. The minimum absolute atomic E-state index is 0.00422. The molecule has 0 rings (SSSR count). The molecule has 0 bridgehead atoms. The zero-order chi connectivity index (χ0) is 10.1. The largest absolute Gasteiger partial charge is 0.395 e. The third kappa shape index (κ3) is 6.54. The maximum absolute atomic E-state index is 11.0. The number of hydrogen-bond donors (Lipinski definition) is 2. The molecule has 0 saturated heterocycles. The van der Waals surface area contributed by atoms with Crippen molar-refractivity contribution in [1.82, 2.24) is 10.2 Å². The van der Waals surface area contributed by atoms with Crippen LogP contribution in [0.4, 0.5) is 0 Å². The zero-order valence-electron chi connectivity index (χ0n) is 8.55. The van der Waals surface area contributed by atoms with E-state index in [1.54, 1.807) is 7.05 Å². The molecule has 0 unspecified atom stereocenters. The molecule has 0 radical (unpaired) electrons. The van der Waals surface area contributed by atoms with Crippen molar-refractivity contribution in [2.24, 2.45) is 0 Å². The van der Waals surface area contributed by atoms with Crippen LogP contribution >= 0.6 is 0 Å². The van der Waals surface area contributed by atoms with Crippen LogP contribution in [0.5, 0.6) is 0 Å². The molecular formula is C9H20N2O2. The first-order valence-electron chi connectivity index (χ1n) is 4.78. The first-order valence-corrected chi connectivity index (χ1v) is 4.78. The van der Waals surface area contributed by atoms with Crippen molar-refractivity contribution < 1.29 is 9.90 Å². The summed E-state index contributed by atoms with van der Waals surface area (Å²) < 4.78 is 0. The second-order valence-corrected chi connectivity index (χ2v) is 3.03. The number of aliphatic hydroxyl groups excluding tert-OH is 1. The predicted octanol–water partition coefficient (Wildman–Crippen LogP) is -0.173. The van der Waals surface area contributed by atoms with Gasteiger partial charge >= 0.3 is 0 Å². The molecule has 0 spiro atoms. The fourth-order valence-corrected chi connectivity index (χ4v) is 1.08. The van der Waals surface area contributed by atoms with Crippen molar-refractivity contribution in [2.75, 3.05) is 33.3 Å². The molecule has 0 aromatic rings.